The van der Waals surface area contributed by atoms with Crippen molar-refractivity contribution in [3.63, 3.8) is 0 Å². The number of hydrogen-bond donors (Lipinski definition) is 1. The van der Waals surface area contributed by atoms with E-state index in [1.165, 1.54) is 0 Å². The van der Waals surface area contributed by atoms with Gasteiger partial charge in [0.15, 0.2) is 5.69 Å². The van der Waals surface area contributed by atoms with E-state index < -0.39 is 0 Å². The Morgan fingerprint density at radius 1 is 1.03 bits per heavy atom. The number of carbonyl (C=O) groups is 1. The van der Waals surface area contributed by atoms with E-state index in [0.29, 0.717) is 11.4 Å². The van der Waals surface area contributed by atoms with Crippen molar-refractivity contribution in [3.8, 4) is 16.9 Å². The second-order valence-electron chi connectivity index (χ2n) is 11.1. The second-order valence-corrected chi connectivity index (χ2v) is 11.1. The van der Waals surface area contributed by atoms with Crippen molar-refractivity contribution in [2.24, 2.45) is 0 Å². The summed E-state index contributed by atoms with van der Waals surface area (Å²) in [5.41, 5.74) is 6.39. The average molecular weight is 528 g/mol. The molecule has 1 N–H and O–H groups in total. The van der Waals surface area contributed by atoms with Crippen LogP contribution in [0.15, 0.2) is 48.9 Å². The number of hydrogen-bond acceptors (Lipinski definition) is 7. The maximum atomic E-state index is 13.0. The number of aryl methyl sites for hydroxylation is 2. The Morgan fingerprint density at radius 3 is 2.49 bits per heavy atom. The fraction of sp³-hybridized carbons (Fsp3) is 0.414. The zero-order chi connectivity index (χ0) is 27.7. The van der Waals surface area contributed by atoms with E-state index in [0.717, 1.165) is 66.6 Å². The Bertz CT molecular complexity index is 1470. The van der Waals surface area contributed by atoms with E-state index in [1.807, 2.05) is 61.4 Å². The minimum Gasteiger partial charge on any atom is -0.368 e. The van der Waals surface area contributed by atoms with Gasteiger partial charge in [-0.05, 0) is 71.0 Å². The number of amides is 1. The van der Waals surface area contributed by atoms with Gasteiger partial charge in [0.25, 0.3) is 5.91 Å². The maximum Gasteiger partial charge on any atom is 0.276 e. The number of nitrogens with one attached hydrogen (secondary N) is 1. The number of benzene rings is 1. The minimum absolute atomic E-state index is 0.205. The molecule has 0 unspecified atom stereocenters. The fourth-order valence-corrected chi connectivity index (χ4v) is 4.97. The molecular weight excluding hydrogens is 490 g/mol. The molecule has 0 radical (unpaired) electrons. The lowest BCUT2D eigenvalue weighted by atomic mass is 10.1. The van der Waals surface area contributed by atoms with Gasteiger partial charge in [-0.15, -0.1) is 5.10 Å². The van der Waals surface area contributed by atoms with Gasteiger partial charge in [0, 0.05) is 49.3 Å². The minimum atomic E-state index is -0.252. The molecule has 1 fully saturated rings. The quantitative estimate of drug-likeness (QED) is 0.399. The Balaban J connectivity index is 1.34. The van der Waals surface area contributed by atoms with Crippen LogP contribution in [0.3, 0.4) is 0 Å². The van der Waals surface area contributed by atoms with Crippen LogP contribution in [0.1, 0.15) is 49.4 Å². The van der Waals surface area contributed by atoms with Gasteiger partial charge in [-0.3, -0.25) is 14.5 Å². The first kappa shape index (κ1) is 26.6. The molecule has 4 aromatic rings. The van der Waals surface area contributed by atoms with Crippen LogP contribution >= 0.6 is 0 Å². The zero-order valence-electron chi connectivity index (χ0n) is 23.6. The molecule has 5 rings (SSSR count). The lowest BCUT2D eigenvalue weighted by Crippen LogP contribution is -2.46. The molecule has 0 atom stereocenters. The molecule has 0 saturated carbocycles. The number of carbonyl (C=O) groups excluding carboxylic acids is 1. The number of rotatable bonds is 6. The molecule has 204 valence electrons. The van der Waals surface area contributed by atoms with Gasteiger partial charge in [-0.25, -0.2) is 4.68 Å². The third-order valence-corrected chi connectivity index (χ3v) is 7.17. The highest BCUT2D eigenvalue weighted by atomic mass is 16.2. The summed E-state index contributed by atoms with van der Waals surface area (Å²) in [6.45, 7) is 17.5. The third kappa shape index (κ3) is 5.70. The van der Waals surface area contributed by atoms with Gasteiger partial charge < -0.3 is 15.1 Å². The highest BCUT2D eigenvalue weighted by Crippen LogP contribution is 2.25. The number of aromatic nitrogens is 6. The molecule has 1 saturated heterocycles. The predicted octanol–water partition coefficient (Wildman–Crippen LogP) is 4.29. The molecule has 4 heterocycles. The van der Waals surface area contributed by atoms with E-state index in [4.69, 9.17) is 0 Å². The Hall–Kier alpha value is -4.05. The first-order chi connectivity index (χ1) is 18.6. The maximum absolute atomic E-state index is 13.0. The van der Waals surface area contributed by atoms with Crippen LogP contribution < -0.4 is 10.2 Å². The van der Waals surface area contributed by atoms with E-state index in [9.17, 15) is 4.79 Å². The topological polar surface area (TPSA) is 97.0 Å². The molecule has 1 aliphatic rings. The SMILES string of the molecule is CCN1CCN(c2cncc(-c3cn(-c4cc(NC(=O)c5cc(C)n(C(C)(C)C)n5)ccc4C)nn3)c2)CC1. The van der Waals surface area contributed by atoms with E-state index in [-0.39, 0.29) is 11.4 Å². The molecule has 10 nitrogen and oxygen atoms in total. The van der Waals surface area contributed by atoms with E-state index >= 15 is 0 Å². The highest BCUT2D eigenvalue weighted by molar-refractivity contribution is 6.03. The molecular formula is C29H37N9O. The Labute approximate surface area is 229 Å². The van der Waals surface area contributed by atoms with Crippen molar-refractivity contribution in [1.82, 2.24) is 34.7 Å². The van der Waals surface area contributed by atoms with Crippen molar-refractivity contribution in [2.45, 2.75) is 47.1 Å². The summed E-state index contributed by atoms with van der Waals surface area (Å²) in [5, 5.41) is 16.3. The number of pyridine rings is 1. The Kier molecular flexibility index (Phi) is 7.22. The molecule has 10 heteroatoms. The summed E-state index contributed by atoms with van der Waals surface area (Å²) < 4.78 is 3.61. The van der Waals surface area contributed by atoms with Gasteiger partial charge in [0.1, 0.15) is 5.69 Å². The van der Waals surface area contributed by atoms with Crippen LogP contribution in [-0.4, -0.2) is 73.3 Å². The van der Waals surface area contributed by atoms with Crippen LogP contribution in [-0.2, 0) is 5.54 Å². The first-order valence-electron chi connectivity index (χ1n) is 13.5. The van der Waals surface area contributed by atoms with Crippen LogP contribution in [0, 0.1) is 13.8 Å². The first-order valence-corrected chi connectivity index (χ1v) is 13.5. The summed E-state index contributed by atoms with van der Waals surface area (Å²) >= 11 is 0. The van der Waals surface area contributed by atoms with Gasteiger partial charge in [-0.1, -0.05) is 18.2 Å². The molecule has 1 aromatic carbocycles. The monoisotopic (exact) mass is 527 g/mol. The number of piperazine rings is 1. The summed E-state index contributed by atoms with van der Waals surface area (Å²) in [7, 11) is 0. The van der Waals surface area contributed by atoms with Crippen molar-refractivity contribution >= 4 is 17.3 Å². The zero-order valence-corrected chi connectivity index (χ0v) is 23.6. The van der Waals surface area contributed by atoms with Crippen molar-refractivity contribution in [1.29, 1.82) is 0 Å². The van der Waals surface area contributed by atoms with Gasteiger partial charge >= 0.3 is 0 Å². The summed E-state index contributed by atoms with van der Waals surface area (Å²) in [4.78, 5) is 22.3. The predicted molar refractivity (Wildman–Crippen MR) is 154 cm³/mol. The largest absolute Gasteiger partial charge is 0.368 e. The van der Waals surface area contributed by atoms with Gasteiger partial charge in [-0.2, -0.15) is 5.10 Å². The standard InChI is InChI=1S/C29H37N9O/c1-7-35-10-12-36(13-11-35)24-15-22(17-30-18-24)26-19-37(34-32-26)27-16-23(9-8-20(27)2)31-28(39)25-14-21(3)38(33-25)29(4,5)6/h8-9,14-19H,7,10-13H2,1-6H3,(H,31,39). The molecule has 0 bridgehead atoms. The third-order valence-electron chi connectivity index (χ3n) is 7.17. The average Bonchev–Trinajstić information content (AvgIpc) is 3.57. The van der Waals surface area contributed by atoms with Crippen LogP contribution in [0.25, 0.3) is 16.9 Å². The molecule has 39 heavy (non-hydrogen) atoms. The summed E-state index contributed by atoms with van der Waals surface area (Å²) in [5.74, 6) is -0.252. The second kappa shape index (κ2) is 10.6. The Morgan fingerprint density at radius 2 is 1.79 bits per heavy atom. The van der Waals surface area contributed by atoms with Crippen LogP contribution in [0.2, 0.25) is 0 Å². The molecule has 0 aliphatic carbocycles. The summed E-state index contributed by atoms with van der Waals surface area (Å²) in [6.07, 6.45) is 5.64. The molecule has 1 aliphatic heterocycles. The molecule has 1 amide bonds. The van der Waals surface area contributed by atoms with E-state index in [2.05, 4.69) is 69.3 Å². The van der Waals surface area contributed by atoms with Gasteiger partial charge in [0.2, 0.25) is 0 Å². The summed E-state index contributed by atoms with van der Waals surface area (Å²) in [6, 6.07) is 9.69. The molecule has 3 aromatic heterocycles. The number of anilines is 2. The smallest absolute Gasteiger partial charge is 0.276 e. The van der Waals surface area contributed by atoms with Crippen LogP contribution in [0.4, 0.5) is 11.4 Å². The normalized spacial score (nSPS) is 14.6. The van der Waals surface area contributed by atoms with Gasteiger partial charge in [0.05, 0.1) is 29.3 Å². The van der Waals surface area contributed by atoms with Crippen molar-refractivity contribution in [2.75, 3.05) is 42.9 Å². The fourth-order valence-electron chi connectivity index (χ4n) is 4.97. The number of likely N-dealkylation sites (N-methyl/N-ethyl adjacent to an activating group) is 1. The van der Waals surface area contributed by atoms with Crippen molar-refractivity contribution < 1.29 is 4.79 Å². The van der Waals surface area contributed by atoms with Crippen LogP contribution in [0.5, 0.6) is 0 Å². The lowest BCUT2D eigenvalue weighted by Gasteiger charge is -2.35. The molecule has 0 spiro atoms. The lowest BCUT2D eigenvalue weighted by molar-refractivity contribution is 0.102. The highest BCUT2D eigenvalue weighted by Gasteiger charge is 2.21. The number of nitrogens with zero attached hydrogens (tertiary/aromatic N) is 8. The van der Waals surface area contributed by atoms with E-state index in [1.54, 1.807) is 4.68 Å². The van der Waals surface area contributed by atoms with Crippen molar-refractivity contribution in [3.05, 3.63) is 65.9 Å².